The number of hydrogen-bond donors (Lipinski definition) is 1. The highest BCUT2D eigenvalue weighted by molar-refractivity contribution is 9.11. The molecule has 0 aliphatic carbocycles. The Labute approximate surface area is 90.9 Å². The first kappa shape index (κ1) is 10.8. The number of amides is 1. The Kier molecular flexibility index (Phi) is 4.19. The number of para-hydroxylation sites is 1. The van der Waals surface area contributed by atoms with E-state index < -0.39 is 6.09 Å². The molecule has 0 atom stereocenters. The SMILES string of the molecule is C=C(Br)CNC(=O)Oc1ccccc1. The van der Waals surface area contributed by atoms with Gasteiger partial charge in [-0.25, -0.2) is 4.79 Å². The molecule has 0 radical (unpaired) electrons. The van der Waals surface area contributed by atoms with Crippen LogP contribution in [-0.4, -0.2) is 12.6 Å². The van der Waals surface area contributed by atoms with Gasteiger partial charge in [-0.2, -0.15) is 0 Å². The van der Waals surface area contributed by atoms with Crippen LogP contribution in [-0.2, 0) is 0 Å². The fourth-order valence-corrected chi connectivity index (χ4v) is 0.940. The van der Waals surface area contributed by atoms with E-state index in [1.165, 1.54) is 0 Å². The van der Waals surface area contributed by atoms with Crippen LogP contribution in [0.4, 0.5) is 4.79 Å². The van der Waals surface area contributed by atoms with Gasteiger partial charge >= 0.3 is 6.09 Å². The number of halogens is 1. The molecule has 0 spiro atoms. The van der Waals surface area contributed by atoms with Gasteiger partial charge in [-0.05, 0) is 12.1 Å². The second-order valence-electron chi connectivity index (χ2n) is 2.57. The smallest absolute Gasteiger partial charge is 0.410 e. The summed E-state index contributed by atoms with van der Waals surface area (Å²) in [5, 5.41) is 2.52. The lowest BCUT2D eigenvalue weighted by molar-refractivity contribution is 0.201. The van der Waals surface area contributed by atoms with Crippen LogP contribution < -0.4 is 10.1 Å². The van der Waals surface area contributed by atoms with E-state index >= 15 is 0 Å². The topological polar surface area (TPSA) is 38.3 Å². The Morgan fingerprint density at radius 3 is 2.64 bits per heavy atom. The second-order valence-corrected chi connectivity index (χ2v) is 3.69. The van der Waals surface area contributed by atoms with Crippen molar-refractivity contribution in [2.75, 3.05) is 6.54 Å². The Morgan fingerprint density at radius 1 is 1.43 bits per heavy atom. The zero-order valence-electron chi connectivity index (χ0n) is 7.50. The fourth-order valence-electron chi connectivity index (χ4n) is 0.800. The highest BCUT2D eigenvalue weighted by Crippen LogP contribution is 2.08. The van der Waals surface area contributed by atoms with Crippen LogP contribution in [0.3, 0.4) is 0 Å². The van der Waals surface area contributed by atoms with Crippen LogP contribution in [0.15, 0.2) is 41.4 Å². The summed E-state index contributed by atoms with van der Waals surface area (Å²) < 4.78 is 5.65. The van der Waals surface area contributed by atoms with Gasteiger partial charge in [-0.3, -0.25) is 0 Å². The van der Waals surface area contributed by atoms with Gasteiger partial charge < -0.3 is 10.1 Å². The third-order valence-corrected chi connectivity index (χ3v) is 1.66. The van der Waals surface area contributed by atoms with Crippen molar-refractivity contribution in [3.05, 3.63) is 41.4 Å². The monoisotopic (exact) mass is 255 g/mol. The van der Waals surface area contributed by atoms with Crippen LogP contribution >= 0.6 is 15.9 Å². The van der Waals surface area contributed by atoms with Crippen molar-refractivity contribution in [1.82, 2.24) is 5.32 Å². The summed E-state index contributed by atoms with van der Waals surface area (Å²) in [6, 6.07) is 8.87. The molecule has 1 aromatic carbocycles. The first-order chi connectivity index (χ1) is 6.68. The fraction of sp³-hybridized carbons (Fsp3) is 0.100. The number of ether oxygens (including phenoxy) is 1. The first-order valence-electron chi connectivity index (χ1n) is 4.02. The number of hydrogen-bond acceptors (Lipinski definition) is 2. The van der Waals surface area contributed by atoms with Gasteiger partial charge in [0, 0.05) is 4.48 Å². The number of carbonyl (C=O) groups excluding carboxylic acids is 1. The van der Waals surface area contributed by atoms with Crippen molar-refractivity contribution in [2.45, 2.75) is 0 Å². The normalized spacial score (nSPS) is 9.21. The summed E-state index contributed by atoms with van der Waals surface area (Å²) in [6.45, 7) is 3.93. The molecule has 0 fully saturated rings. The van der Waals surface area contributed by atoms with Crippen molar-refractivity contribution in [2.24, 2.45) is 0 Å². The van der Waals surface area contributed by atoms with Gasteiger partial charge in [-0.1, -0.05) is 40.7 Å². The Bertz CT molecular complexity index is 324. The van der Waals surface area contributed by atoms with Gasteiger partial charge in [0.1, 0.15) is 5.75 Å². The summed E-state index contributed by atoms with van der Waals surface area (Å²) in [5.41, 5.74) is 0. The third kappa shape index (κ3) is 4.09. The van der Waals surface area contributed by atoms with Crippen molar-refractivity contribution in [1.29, 1.82) is 0 Å². The van der Waals surface area contributed by atoms with Crippen molar-refractivity contribution < 1.29 is 9.53 Å². The predicted molar refractivity (Wildman–Crippen MR) is 58.5 cm³/mol. The predicted octanol–water partition coefficient (Wildman–Crippen LogP) is 2.68. The molecule has 0 aromatic heterocycles. The summed E-state index contributed by atoms with van der Waals surface area (Å²) in [4.78, 5) is 11.1. The lowest BCUT2D eigenvalue weighted by Crippen LogP contribution is -2.27. The minimum atomic E-state index is -0.489. The Hall–Kier alpha value is -1.29. The summed E-state index contributed by atoms with van der Waals surface area (Å²) in [7, 11) is 0. The number of nitrogens with one attached hydrogen (secondary N) is 1. The number of benzene rings is 1. The van der Waals surface area contributed by atoms with Crippen molar-refractivity contribution in [3.8, 4) is 5.75 Å². The molecule has 0 aliphatic heterocycles. The Balaban J connectivity index is 2.38. The molecular weight excluding hydrogens is 246 g/mol. The molecule has 0 aliphatic rings. The van der Waals surface area contributed by atoms with Gasteiger partial charge in [0.25, 0.3) is 0 Å². The maximum absolute atomic E-state index is 11.1. The van der Waals surface area contributed by atoms with Gasteiger partial charge in [-0.15, -0.1) is 0 Å². The highest BCUT2D eigenvalue weighted by Gasteiger charge is 2.02. The van der Waals surface area contributed by atoms with E-state index in [9.17, 15) is 4.79 Å². The molecule has 0 saturated carbocycles. The maximum Gasteiger partial charge on any atom is 0.412 e. The van der Waals surface area contributed by atoms with Crippen molar-refractivity contribution >= 4 is 22.0 Å². The van der Waals surface area contributed by atoms with Gasteiger partial charge in [0.15, 0.2) is 0 Å². The first-order valence-corrected chi connectivity index (χ1v) is 4.82. The molecule has 3 nitrogen and oxygen atoms in total. The molecule has 0 unspecified atom stereocenters. The zero-order chi connectivity index (χ0) is 10.4. The van der Waals surface area contributed by atoms with Gasteiger partial charge in [0.05, 0.1) is 6.54 Å². The van der Waals surface area contributed by atoms with E-state index in [1.807, 2.05) is 6.07 Å². The maximum atomic E-state index is 11.1. The molecule has 1 rings (SSSR count). The minimum absolute atomic E-state index is 0.353. The standard InChI is InChI=1S/C10H10BrNO2/c1-8(11)7-12-10(13)14-9-5-3-2-4-6-9/h2-6H,1,7H2,(H,12,13). The van der Waals surface area contributed by atoms with Crippen LogP contribution in [0.1, 0.15) is 0 Å². The van der Waals surface area contributed by atoms with E-state index in [4.69, 9.17) is 4.74 Å². The number of carbonyl (C=O) groups is 1. The summed E-state index contributed by atoms with van der Waals surface area (Å²) in [5.74, 6) is 0.519. The molecule has 1 amide bonds. The lowest BCUT2D eigenvalue weighted by atomic mass is 10.3. The van der Waals surface area contributed by atoms with Crippen molar-refractivity contribution in [3.63, 3.8) is 0 Å². The van der Waals surface area contributed by atoms with E-state index in [1.54, 1.807) is 24.3 Å². The van der Waals surface area contributed by atoms with E-state index in [2.05, 4.69) is 27.8 Å². The zero-order valence-corrected chi connectivity index (χ0v) is 9.08. The second kappa shape index (κ2) is 5.44. The summed E-state index contributed by atoms with van der Waals surface area (Å²) >= 11 is 3.12. The number of rotatable bonds is 3. The average Bonchev–Trinajstić information content (AvgIpc) is 2.16. The molecule has 1 N–H and O–H groups in total. The summed E-state index contributed by atoms with van der Waals surface area (Å²) in [6.07, 6.45) is -0.489. The largest absolute Gasteiger partial charge is 0.412 e. The third-order valence-electron chi connectivity index (χ3n) is 1.38. The lowest BCUT2D eigenvalue weighted by Gasteiger charge is -2.04. The molecule has 0 bridgehead atoms. The molecule has 14 heavy (non-hydrogen) atoms. The van der Waals surface area contributed by atoms with Crippen LogP contribution in [0.2, 0.25) is 0 Å². The van der Waals surface area contributed by atoms with Crippen LogP contribution in [0.5, 0.6) is 5.75 Å². The van der Waals surface area contributed by atoms with E-state index in [0.29, 0.717) is 16.8 Å². The van der Waals surface area contributed by atoms with Crippen LogP contribution in [0, 0.1) is 0 Å². The molecular formula is C10H10BrNO2. The Morgan fingerprint density at radius 2 is 2.07 bits per heavy atom. The molecule has 74 valence electrons. The van der Waals surface area contributed by atoms with Crippen LogP contribution in [0.25, 0.3) is 0 Å². The molecule has 4 heteroatoms. The molecule has 0 heterocycles. The minimum Gasteiger partial charge on any atom is -0.410 e. The van der Waals surface area contributed by atoms with Gasteiger partial charge in [0.2, 0.25) is 0 Å². The van der Waals surface area contributed by atoms with E-state index in [0.717, 1.165) is 0 Å². The van der Waals surface area contributed by atoms with E-state index in [-0.39, 0.29) is 0 Å². The molecule has 1 aromatic rings. The molecule has 0 saturated heterocycles. The average molecular weight is 256 g/mol. The quantitative estimate of drug-likeness (QED) is 0.902. The highest BCUT2D eigenvalue weighted by atomic mass is 79.9.